The summed E-state index contributed by atoms with van der Waals surface area (Å²) in [4.78, 5) is 25.7. The maximum Gasteiger partial charge on any atom is 0.305 e. The Morgan fingerprint density at radius 1 is 0.518 bits per heavy atom. The van der Waals surface area contributed by atoms with E-state index in [9.17, 15) is 19.8 Å². The molecule has 0 spiro atoms. The van der Waals surface area contributed by atoms with Gasteiger partial charge in [0.15, 0.2) is 0 Å². The third-order valence-electron chi connectivity index (χ3n) is 21.0. The van der Waals surface area contributed by atoms with Crippen LogP contribution in [0.15, 0.2) is 0 Å². The van der Waals surface area contributed by atoms with Crippen LogP contribution in [0.4, 0.5) is 0 Å². The van der Waals surface area contributed by atoms with Crippen molar-refractivity contribution in [1.29, 1.82) is 0 Å². The second kappa shape index (κ2) is 16.0. The van der Waals surface area contributed by atoms with E-state index in [0.717, 1.165) is 74.0 Å². The SMILES string of the molecule is C[C@H](CCC(=O)OCCOC(=O)CC[C@@H](C)[C@H]1CC[C@H]2[C@@H]3CC[C@@H]4C[C@H](O)CC[C@]4(C)[C@H]3CC[C@]12C)[C@H]1CC[C@H]2[C@@H]3CC[C@@H]4C[C@H](O)CC[C@]4(C)[C@H]3CC[C@]12C. The zero-order valence-corrected chi connectivity index (χ0v) is 36.6. The third-order valence-corrected chi connectivity index (χ3v) is 21.0. The molecular formula is C50H82O6. The second-order valence-electron chi connectivity index (χ2n) is 23.1. The lowest BCUT2D eigenvalue weighted by molar-refractivity contribution is -0.153. The molecule has 0 heterocycles. The molecule has 0 aliphatic heterocycles. The fourth-order valence-corrected chi connectivity index (χ4v) is 18.0. The summed E-state index contributed by atoms with van der Waals surface area (Å²) < 4.78 is 11.2. The number of rotatable bonds is 11. The van der Waals surface area contributed by atoms with Gasteiger partial charge in [0, 0.05) is 12.8 Å². The van der Waals surface area contributed by atoms with Crippen molar-refractivity contribution in [3.8, 4) is 0 Å². The van der Waals surface area contributed by atoms with Gasteiger partial charge in [-0.15, -0.1) is 0 Å². The number of carbonyl (C=O) groups is 2. The summed E-state index contributed by atoms with van der Waals surface area (Å²) >= 11 is 0. The first kappa shape index (κ1) is 41.6. The van der Waals surface area contributed by atoms with Crippen molar-refractivity contribution in [2.45, 2.75) is 195 Å². The highest BCUT2D eigenvalue weighted by Crippen LogP contribution is 2.70. The molecule has 0 amide bonds. The molecule has 8 saturated carbocycles. The lowest BCUT2D eigenvalue weighted by atomic mass is 9.44. The molecule has 8 rings (SSSR count). The summed E-state index contributed by atoms with van der Waals surface area (Å²) in [5.41, 5.74) is 1.59. The first-order chi connectivity index (χ1) is 26.7. The van der Waals surface area contributed by atoms with Crippen LogP contribution >= 0.6 is 0 Å². The maximum atomic E-state index is 12.9. The number of carbonyl (C=O) groups excluding carboxylic acids is 2. The van der Waals surface area contributed by atoms with Crippen molar-refractivity contribution in [2.75, 3.05) is 13.2 Å². The molecule has 0 bridgehead atoms. The normalized spacial score (nSPS) is 49.2. The van der Waals surface area contributed by atoms with Gasteiger partial charge >= 0.3 is 11.9 Å². The highest BCUT2D eigenvalue weighted by molar-refractivity contribution is 5.70. The molecule has 0 unspecified atom stereocenters. The molecule has 8 aliphatic rings. The van der Waals surface area contributed by atoms with Crippen LogP contribution < -0.4 is 0 Å². The van der Waals surface area contributed by atoms with Gasteiger partial charge < -0.3 is 19.7 Å². The number of aliphatic hydroxyl groups excluding tert-OH is 2. The molecule has 0 saturated heterocycles. The average molecular weight is 779 g/mol. The Labute approximate surface area is 341 Å². The van der Waals surface area contributed by atoms with E-state index in [1.165, 1.54) is 89.9 Å². The number of esters is 2. The van der Waals surface area contributed by atoms with Crippen LogP contribution in [0.3, 0.4) is 0 Å². The maximum absolute atomic E-state index is 12.9. The van der Waals surface area contributed by atoms with Gasteiger partial charge in [-0.1, -0.05) is 41.5 Å². The minimum atomic E-state index is -0.155. The standard InChI is InChI=1S/C50H82O6/c1-31(39-13-15-41-37-11-9-33-29-35(51)19-23-47(33,3)43(37)21-25-49(39,41)5)7-17-45(53)55-27-28-56-46(54)18-8-32(2)40-14-16-42-38-12-10-34-30-36(52)20-24-48(34,4)44(38)22-26-50(40,42)6/h31-44,51-52H,7-30H2,1-6H3/t31-,32-,33-,34-,35-,36-,37+,38+,39-,40-,41+,42+,43+,44+,47+,48+,49-,50-/m1/s1. The van der Waals surface area contributed by atoms with Crippen molar-refractivity contribution in [3.63, 3.8) is 0 Å². The van der Waals surface area contributed by atoms with Gasteiger partial charge in [0.05, 0.1) is 12.2 Å². The monoisotopic (exact) mass is 779 g/mol. The molecule has 0 aromatic rings. The lowest BCUT2D eigenvalue weighted by Gasteiger charge is -2.61. The molecule has 318 valence electrons. The highest BCUT2D eigenvalue weighted by atomic mass is 16.6. The molecule has 6 heteroatoms. The van der Waals surface area contributed by atoms with Gasteiger partial charge in [0.2, 0.25) is 0 Å². The van der Waals surface area contributed by atoms with Crippen LogP contribution in [-0.4, -0.2) is 47.6 Å². The summed E-state index contributed by atoms with van der Waals surface area (Å²) in [5.74, 6) is 8.39. The van der Waals surface area contributed by atoms with Crippen LogP contribution in [0.5, 0.6) is 0 Å². The van der Waals surface area contributed by atoms with E-state index < -0.39 is 0 Å². The van der Waals surface area contributed by atoms with Crippen LogP contribution in [0.25, 0.3) is 0 Å². The predicted octanol–water partition coefficient (Wildman–Crippen LogP) is 10.9. The predicted molar refractivity (Wildman–Crippen MR) is 221 cm³/mol. The van der Waals surface area contributed by atoms with E-state index in [2.05, 4.69) is 41.5 Å². The Bertz CT molecular complexity index is 1310. The van der Waals surface area contributed by atoms with E-state index in [-0.39, 0.29) is 37.4 Å². The zero-order valence-electron chi connectivity index (χ0n) is 36.6. The fraction of sp³-hybridized carbons (Fsp3) is 0.960. The second-order valence-corrected chi connectivity index (χ2v) is 23.1. The summed E-state index contributed by atoms with van der Waals surface area (Å²) in [6, 6.07) is 0. The van der Waals surface area contributed by atoms with Crippen LogP contribution in [0, 0.1) is 92.7 Å². The Balaban J connectivity index is 0.732. The van der Waals surface area contributed by atoms with Crippen molar-refractivity contribution in [1.82, 2.24) is 0 Å². The lowest BCUT2D eigenvalue weighted by Crippen LogP contribution is -2.54. The number of aliphatic hydroxyl groups is 2. The van der Waals surface area contributed by atoms with Gasteiger partial charge in [-0.3, -0.25) is 9.59 Å². The topological polar surface area (TPSA) is 93.1 Å². The number of hydrogen-bond acceptors (Lipinski definition) is 6. The number of fused-ring (bicyclic) bond motifs is 10. The Morgan fingerprint density at radius 2 is 0.893 bits per heavy atom. The largest absolute Gasteiger partial charge is 0.462 e. The third kappa shape index (κ3) is 7.27. The smallest absolute Gasteiger partial charge is 0.305 e. The number of ether oxygens (including phenoxy) is 2. The molecule has 2 N–H and O–H groups in total. The van der Waals surface area contributed by atoms with Crippen molar-refractivity contribution in [3.05, 3.63) is 0 Å². The molecule has 8 aliphatic carbocycles. The molecule has 0 aromatic carbocycles. The zero-order chi connectivity index (χ0) is 39.6. The van der Waals surface area contributed by atoms with Gasteiger partial charge in [-0.2, -0.15) is 0 Å². The van der Waals surface area contributed by atoms with E-state index in [1.807, 2.05) is 0 Å². The van der Waals surface area contributed by atoms with E-state index >= 15 is 0 Å². The molecule has 8 fully saturated rings. The summed E-state index contributed by atoms with van der Waals surface area (Å²) in [6.07, 6.45) is 24.9. The van der Waals surface area contributed by atoms with Crippen LogP contribution in [-0.2, 0) is 19.1 Å². The van der Waals surface area contributed by atoms with Crippen molar-refractivity contribution >= 4 is 11.9 Å². The van der Waals surface area contributed by atoms with Gasteiger partial charge in [0.25, 0.3) is 0 Å². The minimum absolute atomic E-state index is 0.0800. The average Bonchev–Trinajstić information content (AvgIpc) is 3.72. The van der Waals surface area contributed by atoms with E-state index in [4.69, 9.17) is 9.47 Å². The molecule has 0 aromatic heterocycles. The first-order valence-corrected chi connectivity index (χ1v) is 24.3. The van der Waals surface area contributed by atoms with Crippen molar-refractivity contribution < 1.29 is 29.3 Å². The van der Waals surface area contributed by atoms with E-state index in [1.54, 1.807) is 0 Å². The van der Waals surface area contributed by atoms with E-state index in [0.29, 0.717) is 70.0 Å². The van der Waals surface area contributed by atoms with Crippen molar-refractivity contribution in [2.24, 2.45) is 92.7 Å². The Hall–Kier alpha value is -1.14. The highest BCUT2D eigenvalue weighted by Gasteiger charge is 2.62. The van der Waals surface area contributed by atoms with Crippen LogP contribution in [0.1, 0.15) is 183 Å². The summed E-state index contributed by atoms with van der Waals surface area (Å²) in [7, 11) is 0. The molecular weight excluding hydrogens is 697 g/mol. The molecule has 56 heavy (non-hydrogen) atoms. The first-order valence-electron chi connectivity index (χ1n) is 24.3. The Morgan fingerprint density at radius 3 is 1.30 bits per heavy atom. The van der Waals surface area contributed by atoms with Gasteiger partial charge in [0.1, 0.15) is 13.2 Å². The molecule has 6 nitrogen and oxygen atoms in total. The van der Waals surface area contributed by atoms with Gasteiger partial charge in [-0.25, -0.2) is 0 Å². The molecule has 0 radical (unpaired) electrons. The Kier molecular flexibility index (Phi) is 11.9. The fourth-order valence-electron chi connectivity index (χ4n) is 18.0. The summed E-state index contributed by atoms with van der Waals surface area (Å²) in [6.45, 7) is 15.4. The summed E-state index contributed by atoms with van der Waals surface area (Å²) in [5, 5.41) is 20.8. The number of hydrogen-bond donors (Lipinski definition) is 2. The molecule has 18 atom stereocenters. The van der Waals surface area contributed by atoms with Crippen LogP contribution in [0.2, 0.25) is 0 Å². The minimum Gasteiger partial charge on any atom is -0.462 e. The quantitative estimate of drug-likeness (QED) is 0.160. The van der Waals surface area contributed by atoms with Gasteiger partial charge in [-0.05, 0) is 221 Å².